The highest BCUT2D eigenvalue weighted by molar-refractivity contribution is 9.10. The Morgan fingerprint density at radius 3 is 2.94 bits per heavy atom. The van der Waals surface area contributed by atoms with Crippen LogP contribution in [0.5, 0.6) is 0 Å². The van der Waals surface area contributed by atoms with E-state index in [4.69, 9.17) is 11.6 Å². The molecule has 1 aromatic carbocycles. The number of hydrogen-bond donors (Lipinski definition) is 1. The molecule has 0 saturated carbocycles. The van der Waals surface area contributed by atoms with Crippen LogP contribution in [-0.2, 0) is 0 Å². The summed E-state index contributed by atoms with van der Waals surface area (Å²) < 4.78 is 1.01. The first-order chi connectivity index (χ1) is 8.06. The van der Waals surface area contributed by atoms with Crippen molar-refractivity contribution in [2.24, 2.45) is 10.9 Å². The van der Waals surface area contributed by atoms with Gasteiger partial charge in [0.25, 0.3) is 0 Å². The first-order valence-corrected chi connectivity index (χ1v) is 7.64. The summed E-state index contributed by atoms with van der Waals surface area (Å²) in [7, 11) is 0. The van der Waals surface area contributed by atoms with E-state index in [-0.39, 0.29) is 0 Å². The number of nitrogens with zero attached hydrogens (tertiary/aromatic N) is 1. The molecule has 0 unspecified atom stereocenters. The number of thioether (sulfide) groups is 1. The first kappa shape index (κ1) is 13.2. The van der Waals surface area contributed by atoms with Gasteiger partial charge in [-0.15, -0.1) is 0 Å². The summed E-state index contributed by atoms with van der Waals surface area (Å²) in [6, 6.07) is 6.17. The van der Waals surface area contributed by atoms with Gasteiger partial charge in [-0.3, -0.25) is 4.99 Å². The fourth-order valence-corrected chi connectivity index (χ4v) is 3.21. The highest BCUT2D eigenvalue weighted by Crippen LogP contribution is 2.29. The molecule has 92 valence electrons. The van der Waals surface area contributed by atoms with Gasteiger partial charge in [-0.05, 0) is 24.1 Å². The molecule has 2 nitrogen and oxygen atoms in total. The Labute approximate surface area is 119 Å². The summed E-state index contributed by atoms with van der Waals surface area (Å²) >= 11 is 11.3. The smallest absolute Gasteiger partial charge is 0.161 e. The van der Waals surface area contributed by atoms with Crippen LogP contribution in [0.1, 0.15) is 13.8 Å². The molecule has 0 bridgehead atoms. The molecule has 0 spiro atoms. The van der Waals surface area contributed by atoms with Crippen molar-refractivity contribution in [1.29, 1.82) is 0 Å². The molecule has 1 heterocycles. The number of anilines is 1. The third-order valence-electron chi connectivity index (χ3n) is 2.61. The van der Waals surface area contributed by atoms with Gasteiger partial charge < -0.3 is 5.32 Å². The normalized spacial score (nSPS) is 19.6. The maximum atomic E-state index is 6.13. The molecule has 0 saturated heterocycles. The highest BCUT2D eigenvalue weighted by Gasteiger charge is 2.21. The molecular weight excluding hydrogens is 320 g/mol. The van der Waals surface area contributed by atoms with E-state index in [9.17, 15) is 0 Å². The SMILES string of the molecule is CC(C)[C@H]1CSC(Nc2cc(Br)ccc2Cl)=N1. The molecule has 1 aliphatic heterocycles. The zero-order chi connectivity index (χ0) is 12.4. The summed E-state index contributed by atoms with van der Waals surface area (Å²) in [5, 5.41) is 4.96. The Morgan fingerprint density at radius 1 is 1.53 bits per heavy atom. The molecule has 0 aromatic heterocycles. The van der Waals surface area contributed by atoms with Crippen molar-refractivity contribution in [3.8, 4) is 0 Å². The second kappa shape index (κ2) is 5.63. The molecule has 1 atom stereocenters. The minimum absolute atomic E-state index is 0.411. The van der Waals surface area contributed by atoms with E-state index in [2.05, 4.69) is 40.1 Å². The fraction of sp³-hybridized carbons (Fsp3) is 0.417. The van der Waals surface area contributed by atoms with E-state index in [0.29, 0.717) is 17.0 Å². The Morgan fingerprint density at radius 2 is 2.29 bits per heavy atom. The summed E-state index contributed by atoms with van der Waals surface area (Å²) in [5.41, 5.74) is 0.900. The van der Waals surface area contributed by atoms with Crippen molar-refractivity contribution in [2.75, 3.05) is 11.1 Å². The second-order valence-electron chi connectivity index (χ2n) is 4.31. The molecule has 0 fully saturated rings. The third kappa shape index (κ3) is 3.39. The largest absolute Gasteiger partial charge is 0.334 e. The second-order valence-corrected chi connectivity index (χ2v) is 6.64. The maximum Gasteiger partial charge on any atom is 0.161 e. The molecule has 0 aliphatic carbocycles. The molecule has 1 aromatic rings. The number of rotatable bonds is 2. The third-order valence-corrected chi connectivity index (χ3v) is 4.43. The van der Waals surface area contributed by atoms with Crippen LogP contribution in [0.15, 0.2) is 27.7 Å². The minimum Gasteiger partial charge on any atom is -0.334 e. The van der Waals surface area contributed by atoms with Gasteiger partial charge in [0.2, 0.25) is 0 Å². The average molecular weight is 334 g/mol. The van der Waals surface area contributed by atoms with Crippen molar-refractivity contribution in [2.45, 2.75) is 19.9 Å². The number of aliphatic imine (C=N–C) groups is 1. The number of halogens is 2. The van der Waals surface area contributed by atoms with Crippen LogP contribution in [-0.4, -0.2) is 17.0 Å². The number of hydrogen-bond acceptors (Lipinski definition) is 3. The molecule has 17 heavy (non-hydrogen) atoms. The van der Waals surface area contributed by atoms with E-state index in [1.165, 1.54) is 0 Å². The van der Waals surface area contributed by atoms with E-state index >= 15 is 0 Å². The van der Waals surface area contributed by atoms with Crippen LogP contribution in [0.25, 0.3) is 0 Å². The van der Waals surface area contributed by atoms with Gasteiger partial charge in [0.1, 0.15) is 0 Å². The van der Waals surface area contributed by atoms with Crippen LogP contribution >= 0.6 is 39.3 Å². The van der Waals surface area contributed by atoms with Crippen LogP contribution in [0.3, 0.4) is 0 Å². The summed E-state index contributed by atoms with van der Waals surface area (Å²) in [5.74, 6) is 1.63. The molecule has 0 amide bonds. The molecule has 5 heteroatoms. The van der Waals surface area contributed by atoms with Crippen molar-refractivity contribution < 1.29 is 0 Å². The number of amidine groups is 1. The Kier molecular flexibility index (Phi) is 4.39. The van der Waals surface area contributed by atoms with E-state index in [0.717, 1.165) is 21.1 Å². The quantitative estimate of drug-likeness (QED) is 0.852. The van der Waals surface area contributed by atoms with Crippen LogP contribution < -0.4 is 5.32 Å². The van der Waals surface area contributed by atoms with Gasteiger partial charge in [-0.25, -0.2) is 0 Å². The monoisotopic (exact) mass is 332 g/mol. The van der Waals surface area contributed by atoms with E-state index in [1.807, 2.05) is 18.2 Å². The van der Waals surface area contributed by atoms with Gasteiger partial charge in [0.15, 0.2) is 5.17 Å². The molecule has 2 rings (SSSR count). The minimum atomic E-state index is 0.411. The van der Waals surface area contributed by atoms with Crippen molar-refractivity contribution in [1.82, 2.24) is 0 Å². The summed E-state index contributed by atoms with van der Waals surface area (Å²) in [6.07, 6.45) is 0. The van der Waals surface area contributed by atoms with Gasteiger partial charge >= 0.3 is 0 Å². The van der Waals surface area contributed by atoms with Gasteiger partial charge in [-0.2, -0.15) is 0 Å². The summed E-state index contributed by atoms with van der Waals surface area (Å²) in [4.78, 5) is 4.65. The highest BCUT2D eigenvalue weighted by atomic mass is 79.9. The maximum absolute atomic E-state index is 6.13. The lowest BCUT2D eigenvalue weighted by molar-refractivity contribution is 0.543. The molecular formula is C12H14BrClN2S. The van der Waals surface area contributed by atoms with Crippen LogP contribution in [0.4, 0.5) is 5.69 Å². The number of nitrogens with one attached hydrogen (secondary N) is 1. The van der Waals surface area contributed by atoms with Gasteiger partial charge in [0.05, 0.1) is 16.8 Å². The lowest BCUT2D eigenvalue weighted by atomic mass is 10.1. The number of benzene rings is 1. The van der Waals surface area contributed by atoms with Crippen LogP contribution in [0.2, 0.25) is 5.02 Å². The Balaban J connectivity index is 2.11. The van der Waals surface area contributed by atoms with E-state index in [1.54, 1.807) is 11.8 Å². The standard InChI is InChI=1S/C12H14BrClN2S/c1-7(2)11-6-17-12(16-11)15-10-5-8(13)3-4-9(10)14/h3-5,7,11H,6H2,1-2H3,(H,15,16)/t11-/m1/s1. The fourth-order valence-electron chi connectivity index (χ4n) is 1.51. The van der Waals surface area contributed by atoms with Crippen LogP contribution in [0, 0.1) is 5.92 Å². The van der Waals surface area contributed by atoms with E-state index < -0.39 is 0 Å². The lowest BCUT2D eigenvalue weighted by Crippen LogP contribution is -2.12. The molecule has 1 N–H and O–H groups in total. The van der Waals surface area contributed by atoms with Gasteiger partial charge in [0, 0.05) is 10.2 Å². The topological polar surface area (TPSA) is 24.4 Å². The van der Waals surface area contributed by atoms with Gasteiger partial charge in [-0.1, -0.05) is 53.1 Å². The summed E-state index contributed by atoms with van der Waals surface area (Å²) in [6.45, 7) is 4.40. The van der Waals surface area contributed by atoms with Crippen molar-refractivity contribution in [3.05, 3.63) is 27.7 Å². The Hall–Kier alpha value is -0.190. The molecule has 0 radical (unpaired) electrons. The average Bonchev–Trinajstić information content (AvgIpc) is 2.72. The van der Waals surface area contributed by atoms with Crippen molar-refractivity contribution in [3.63, 3.8) is 0 Å². The van der Waals surface area contributed by atoms with Crippen molar-refractivity contribution >= 4 is 50.1 Å². The predicted octanol–water partition coefficient (Wildman–Crippen LogP) is 4.64. The predicted molar refractivity (Wildman–Crippen MR) is 81.3 cm³/mol. The zero-order valence-corrected chi connectivity index (χ0v) is 12.9. The first-order valence-electron chi connectivity index (χ1n) is 5.49. The molecule has 1 aliphatic rings. The Bertz CT molecular complexity index is 448. The zero-order valence-electron chi connectivity index (χ0n) is 9.71. The lowest BCUT2D eigenvalue weighted by Gasteiger charge is -2.08.